The molecule has 0 radical (unpaired) electrons. The number of hydrogen-bond donors (Lipinski definition) is 2. The highest BCUT2D eigenvalue weighted by molar-refractivity contribution is 6.04. The molecule has 2 N–H and O–H groups in total. The molecule has 1 amide bonds. The van der Waals surface area contributed by atoms with Crippen molar-refractivity contribution < 1.29 is 36.2 Å². The van der Waals surface area contributed by atoms with Gasteiger partial charge < -0.3 is 14.8 Å². The molecule has 0 bridgehead atoms. The van der Waals surface area contributed by atoms with Crippen molar-refractivity contribution >= 4 is 22.5 Å². The average Bonchev–Trinajstić information content (AvgIpc) is 3.71. The van der Waals surface area contributed by atoms with Crippen LogP contribution in [0.15, 0.2) is 90.1 Å². The lowest BCUT2D eigenvalue weighted by molar-refractivity contribution is -0.154. The number of nitrogens with zero attached hydrogens (tertiary/aromatic N) is 4. The zero-order valence-electron chi connectivity index (χ0n) is 24.3. The van der Waals surface area contributed by atoms with E-state index in [0.29, 0.717) is 28.0 Å². The summed E-state index contributed by atoms with van der Waals surface area (Å²) in [5.74, 6) is -2.86. The summed E-state index contributed by atoms with van der Waals surface area (Å²) in [6, 6.07) is 13.4. The summed E-state index contributed by atoms with van der Waals surface area (Å²) in [5, 5.41) is 14.3. The van der Waals surface area contributed by atoms with Crippen LogP contribution in [-0.4, -0.2) is 43.2 Å². The fourth-order valence-electron chi connectivity index (χ4n) is 4.84. The third kappa shape index (κ3) is 6.54. The number of aryl methyl sites for hydroxylation is 1. The van der Waals surface area contributed by atoms with Crippen molar-refractivity contribution in [1.82, 2.24) is 24.5 Å². The molecular formula is C32H23F5N6O4. The number of benzene rings is 3. The molecule has 6 aromatic rings. The van der Waals surface area contributed by atoms with E-state index in [4.69, 9.17) is 9.47 Å². The molecule has 0 aliphatic rings. The molecule has 47 heavy (non-hydrogen) atoms. The average molecular weight is 651 g/mol. The van der Waals surface area contributed by atoms with Gasteiger partial charge in [-0.2, -0.15) is 23.4 Å². The number of hydrogen-bond acceptors (Lipinski definition) is 6. The Morgan fingerprint density at radius 1 is 0.979 bits per heavy atom. The minimum Gasteiger partial charge on any atom is -0.469 e. The number of aromatic nitrogens is 5. The molecule has 3 aromatic carbocycles. The molecule has 3 aromatic heterocycles. The molecule has 0 aliphatic carbocycles. The minimum absolute atomic E-state index is 0.0419. The highest BCUT2D eigenvalue weighted by Gasteiger charge is 2.29. The van der Waals surface area contributed by atoms with Crippen molar-refractivity contribution in [2.24, 2.45) is 0 Å². The Morgan fingerprint density at radius 2 is 1.77 bits per heavy atom. The van der Waals surface area contributed by atoms with Gasteiger partial charge in [0.15, 0.2) is 18.2 Å². The molecule has 0 saturated heterocycles. The van der Waals surface area contributed by atoms with Crippen LogP contribution in [0.4, 0.5) is 27.6 Å². The van der Waals surface area contributed by atoms with Gasteiger partial charge >= 0.3 is 6.18 Å². The summed E-state index contributed by atoms with van der Waals surface area (Å²) in [7, 11) is 0. The topological polar surface area (TPSA) is 116 Å². The molecule has 0 saturated carbocycles. The fourth-order valence-corrected chi connectivity index (χ4v) is 4.84. The summed E-state index contributed by atoms with van der Waals surface area (Å²) in [6.45, 7) is 0.868. The van der Waals surface area contributed by atoms with Crippen LogP contribution in [-0.2, 0) is 6.54 Å². The zero-order chi connectivity index (χ0) is 33.3. The Bertz CT molecular complexity index is 2140. The smallest absolute Gasteiger partial charge is 0.422 e. The van der Waals surface area contributed by atoms with E-state index < -0.39 is 47.3 Å². The summed E-state index contributed by atoms with van der Waals surface area (Å²) in [5.41, 5.74) is 0.510. The third-order valence-electron chi connectivity index (χ3n) is 7.02. The van der Waals surface area contributed by atoms with Crippen LogP contribution in [0.2, 0.25) is 0 Å². The van der Waals surface area contributed by atoms with Gasteiger partial charge in [0.25, 0.3) is 11.5 Å². The van der Waals surface area contributed by atoms with Crippen molar-refractivity contribution in [3.63, 3.8) is 0 Å². The van der Waals surface area contributed by atoms with Gasteiger partial charge in [-0.3, -0.25) is 19.4 Å². The van der Waals surface area contributed by atoms with Crippen molar-refractivity contribution in [1.29, 1.82) is 0 Å². The second-order valence-electron chi connectivity index (χ2n) is 10.2. The zero-order valence-corrected chi connectivity index (χ0v) is 24.3. The van der Waals surface area contributed by atoms with Gasteiger partial charge in [-0.15, -0.1) is 0 Å². The quantitative estimate of drug-likeness (QED) is 0.165. The second kappa shape index (κ2) is 12.4. The molecular weight excluding hydrogens is 627 g/mol. The fraction of sp³-hybridized carbons (Fsp3) is 0.125. The Balaban J connectivity index is 1.28. The first-order valence-electron chi connectivity index (χ1n) is 14.0. The first kappa shape index (κ1) is 31.0. The number of H-pyrrole nitrogens is 1. The minimum atomic E-state index is -4.72. The van der Waals surface area contributed by atoms with Crippen molar-refractivity contribution in [2.75, 3.05) is 11.9 Å². The van der Waals surface area contributed by atoms with E-state index in [2.05, 4.69) is 20.6 Å². The van der Waals surface area contributed by atoms with Crippen LogP contribution >= 0.6 is 0 Å². The monoisotopic (exact) mass is 650 g/mol. The Kier molecular flexibility index (Phi) is 8.20. The first-order valence-corrected chi connectivity index (χ1v) is 14.0. The summed E-state index contributed by atoms with van der Waals surface area (Å²) >= 11 is 0. The van der Waals surface area contributed by atoms with E-state index in [1.54, 1.807) is 29.3 Å². The van der Waals surface area contributed by atoms with Crippen LogP contribution in [0.1, 0.15) is 17.3 Å². The van der Waals surface area contributed by atoms with E-state index in [1.165, 1.54) is 12.1 Å². The molecule has 15 heteroatoms. The van der Waals surface area contributed by atoms with Gasteiger partial charge in [-0.05, 0) is 67.6 Å². The van der Waals surface area contributed by atoms with Gasteiger partial charge in [-0.1, -0.05) is 0 Å². The highest BCUT2D eigenvalue weighted by Crippen LogP contribution is 2.38. The second-order valence-corrected chi connectivity index (χ2v) is 10.2. The van der Waals surface area contributed by atoms with Gasteiger partial charge in [0.1, 0.15) is 17.1 Å². The Hall–Kier alpha value is -5.99. The number of halogens is 5. The maximum Gasteiger partial charge on any atom is 0.422 e. The summed E-state index contributed by atoms with van der Waals surface area (Å²) < 4.78 is 80.7. The summed E-state index contributed by atoms with van der Waals surface area (Å²) in [4.78, 5) is 26.5. The van der Waals surface area contributed by atoms with Crippen LogP contribution in [0.5, 0.6) is 17.4 Å². The van der Waals surface area contributed by atoms with E-state index in [0.717, 1.165) is 53.4 Å². The number of carbonyl (C=O) groups is 1. The van der Waals surface area contributed by atoms with Crippen LogP contribution in [0.3, 0.4) is 0 Å². The van der Waals surface area contributed by atoms with Gasteiger partial charge in [0.05, 0.1) is 23.6 Å². The van der Waals surface area contributed by atoms with Crippen molar-refractivity contribution in [2.45, 2.75) is 19.6 Å². The van der Waals surface area contributed by atoms with E-state index in [-0.39, 0.29) is 17.1 Å². The molecule has 3 heterocycles. The van der Waals surface area contributed by atoms with E-state index in [1.807, 2.05) is 13.0 Å². The predicted molar refractivity (Wildman–Crippen MR) is 161 cm³/mol. The Labute approximate surface area is 262 Å². The third-order valence-corrected chi connectivity index (χ3v) is 7.02. The number of aromatic amines is 1. The lowest BCUT2D eigenvalue weighted by Gasteiger charge is -2.16. The number of amides is 1. The molecule has 240 valence electrons. The van der Waals surface area contributed by atoms with Gasteiger partial charge in [0, 0.05) is 41.0 Å². The van der Waals surface area contributed by atoms with E-state index in [9.17, 15) is 27.2 Å². The number of fused-ring (bicyclic) bond motifs is 1. The maximum atomic E-state index is 15.4. The lowest BCUT2D eigenvalue weighted by Crippen LogP contribution is -2.30. The number of pyridine rings is 1. The van der Waals surface area contributed by atoms with Crippen molar-refractivity contribution in [3.8, 4) is 34.2 Å². The molecule has 0 atom stereocenters. The molecule has 0 fully saturated rings. The number of alkyl halides is 3. The van der Waals surface area contributed by atoms with Crippen molar-refractivity contribution in [3.05, 3.63) is 113 Å². The van der Waals surface area contributed by atoms with Crippen LogP contribution in [0, 0.1) is 11.6 Å². The van der Waals surface area contributed by atoms with E-state index >= 15 is 4.39 Å². The Morgan fingerprint density at radius 3 is 2.45 bits per heavy atom. The maximum absolute atomic E-state index is 15.4. The molecule has 10 nitrogen and oxygen atoms in total. The highest BCUT2D eigenvalue weighted by atomic mass is 19.4. The summed E-state index contributed by atoms with van der Waals surface area (Å²) in [6.07, 6.45) is 0.202. The number of carbonyl (C=O) groups excluding carboxylic acids is 1. The number of anilines is 1. The predicted octanol–water partition coefficient (Wildman–Crippen LogP) is 6.86. The standard InChI is InChI=1S/C32H23F5N6O4/c1-2-42-26-13-24(19-14-38-39-15-19)28(11-18(26)16-40-42)47-27-9-5-21(12-25(27)34)41-30(44)23-8-10-29(46-17-32(35,36)37)43(31(23)45)22-6-3-20(33)4-7-22/h3-16H,2,17H2,1H3,(H,38,39)(H,41,44). The molecule has 0 aliphatic heterocycles. The lowest BCUT2D eigenvalue weighted by atomic mass is 10.1. The largest absolute Gasteiger partial charge is 0.469 e. The normalized spacial score (nSPS) is 11.5. The van der Waals surface area contributed by atoms with Crippen LogP contribution in [0.25, 0.3) is 27.7 Å². The number of ether oxygens (including phenoxy) is 2. The van der Waals surface area contributed by atoms with Crippen LogP contribution < -0.4 is 20.3 Å². The molecule has 0 spiro atoms. The molecule has 6 rings (SSSR count). The molecule has 0 unspecified atom stereocenters. The first-order chi connectivity index (χ1) is 22.5. The van der Waals surface area contributed by atoms with Gasteiger partial charge in [0.2, 0.25) is 5.88 Å². The number of rotatable bonds is 9. The van der Waals surface area contributed by atoms with Gasteiger partial charge in [-0.25, -0.2) is 13.3 Å². The SMILES string of the molecule is CCn1ncc2cc(Oc3ccc(NC(=O)c4ccc(OCC(F)(F)F)n(-c5ccc(F)cc5)c4=O)cc3F)c(-c3cn[nH]c3)cc21. The number of nitrogens with one attached hydrogen (secondary N) is 2.